The van der Waals surface area contributed by atoms with Crippen molar-refractivity contribution < 1.29 is 14.0 Å². The van der Waals surface area contributed by atoms with Crippen LogP contribution in [0.3, 0.4) is 0 Å². The molecule has 0 heterocycles. The van der Waals surface area contributed by atoms with Gasteiger partial charge in [0.1, 0.15) is 0 Å². The molecule has 28 heavy (non-hydrogen) atoms. The summed E-state index contributed by atoms with van der Waals surface area (Å²) in [6, 6.07) is 20.2. The van der Waals surface area contributed by atoms with Gasteiger partial charge in [0, 0.05) is 19.7 Å². The lowest BCUT2D eigenvalue weighted by atomic mass is 10.2. The Kier molecular flexibility index (Phi) is 13.8. The van der Waals surface area contributed by atoms with Crippen molar-refractivity contribution in [2.24, 2.45) is 5.73 Å². The third-order valence-electron chi connectivity index (χ3n) is 3.58. The van der Waals surface area contributed by atoms with Gasteiger partial charge < -0.3 is 14.9 Å². The van der Waals surface area contributed by atoms with E-state index in [0.29, 0.717) is 12.8 Å². The first-order chi connectivity index (χ1) is 13.5. The van der Waals surface area contributed by atoms with Gasteiger partial charge in [-0.3, -0.25) is 4.79 Å². The molecule has 0 aliphatic rings. The van der Waals surface area contributed by atoms with Crippen LogP contribution in [0, 0.1) is 0 Å². The molecule has 0 saturated carbocycles. The van der Waals surface area contributed by atoms with Crippen LogP contribution in [-0.4, -0.2) is 27.1 Å². The normalized spacial score (nSPS) is 11.2. The quantitative estimate of drug-likeness (QED) is 0.434. The molecule has 0 saturated heterocycles. The second-order valence-electron chi connectivity index (χ2n) is 5.49. The number of hydrogen-bond acceptors (Lipinski definition) is 4. The summed E-state index contributed by atoms with van der Waals surface area (Å²) in [5.74, 6) is -0.329. The van der Waals surface area contributed by atoms with Crippen molar-refractivity contribution in [1.82, 2.24) is 0 Å². The van der Waals surface area contributed by atoms with Crippen molar-refractivity contribution in [3.8, 4) is 0 Å². The van der Waals surface area contributed by atoms with E-state index in [1.54, 1.807) is 0 Å². The smallest absolute Gasteiger partial charge is 0.307 e. The standard InChI is InChI=1S/C11H17NOSi.C8H8.C4H6O2/c1-3-13-14(4-2,10-12)11-8-6-5-7-9-11;1-2-8-6-4-3-5-7-8;1-3-6-4(2)5/h4-9H,2-3,10,12H2,1H3;2-7H,1H2;3H,1H2,2H3. The second kappa shape index (κ2) is 15.3. The fourth-order valence-corrected chi connectivity index (χ4v) is 4.52. The summed E-state index contributed by atoms with van der Waals surface area (Å²) in [5, 5.41) is 1.19. The average molecular weight is 398 g/mol. The van der Waals surface area contributed by atoms with Crippen LogP contribution in [0.15, 0.2) is 92.4 Å². The van der Waals surface area contributed by atoms with Crippen molar-refractivity contribution in [3.05, 3.63) is 97.9 Å². The summed E-state index contributed by atoms with van der Waals surface area (Å²) >= 11 is 0. The molecular formula is C23H31NO3Si. The van der Waals surface area contributed by atoms with Gasteiger partial charge in [-0.15, -0.1) is 6.58 Å². The van der Waals surface area contributed by atoms with E-state index in [9.17, 15) is 4.79 Å². The minimum atomic E-state index is -2.08. The largest absolute Gasteiger partial charge is 0.435 e. The van der Waals surface area contributed by atoms with Crippen LogP contribution >= 0.6 is 0 Å². The predicted molar refractivity (Wildman–Crippen MR) is 121 cm³/mol. The summed E-state index contributed by atoms with van der Waals surface area (Å²) in [5.41, 5.74) is 8.88. The zero-order chi connectivity index (χ0) is 21.3. The minimum Gasteiger partial charge on any atom is -0.435 e. The molecule has 2 N–H and O–H groups in total. The van der Waals surface area contributed by atoms with E-state index in [-0.39, 0.29) is 5.97 Å². The average Bonchev–Trinajstić information content (AvgIpc) is 2.74. The number of esters is 1. The molecule has 1 unspecified atom stereocenters. The zero-order valence-corrected chi connectivity index (χ0v) is 17.8. The molecule has 4 nitrogen and oxygen atoms in total. The Morgan fingerprint density at radius 1 is 1.04 bits per heavy atom. The first-order valence-corrected chi connectivity index (χ1v) is 11.2. The van der Waals surface area contributed by atoms with Crippen molar-refractivity contribution in [3.63, 3.8) is 0 Å². The summed E-state index contributed by atoms with van der Waals surface area (Å²) < 4.78 is 9.98. The van der Waals surface area contributed by atoms with Crippen LogP contribution in [0.25, 0.3) is 6.08 Å². The summed E-state index contributed by atoms with van der Waals surface area (Å²) in [4.78, 5) is 9.75. The molecule has 150 valence electrons. The number of rotatable bonds is 7. The Hall–Kier alpha value is -2.73. The van der Waals surface area contributed by atoms with Crippen molar-refractivity contribution in [1.29, 1.82) is 0 Å². The predicted octanol–water partition coefficient (Wildman–Crippen LogP) is 4.12. The lowest BCUT2D eigenvalue weighted by Gasteiger charge is -2.26. The number of nitrogens with two attached hydrogens (primary N) is 1. The third kappa shape index (κ3) is 9.82. The van der Waals surface area contributed by atoms with Gasteiger partial charge >= 0.3 is 5.97 Å². The van der Waals surface area contributed by atoms with Gasteiger partial charge in [-0.2, -0.15) is 0 Å². The fourth-order valence-electron chi connectivity index (χ4n) is 2.20. The number of benzene rings is 2. The number of carbonyl (C=O) groups excluding carboxylic acids is 1. The van der Waals surface area contributed by atoms with Crippen LogP contribution in [-0.2, 0) is 14.0 Å². The highest BCUT2D eigenvalue weighted by Gasteiger charge is 2.31. The van der Waals surface area contributed by atoms with Crippen LogP contribution in [0.5, 0.6) is 0 Å². The SMILES string of the molecule is C=COC(C)=O.C=C[Si](CN)(OCC)c1ccccc1.C=Cc1ccccc1. The topological polar surface area (TPSA) is 61.5 Å². The fraction of sp³-hybridized carbons (Fsp3) is 0.174. The maximum atomic E-state index is 9.75. The highest BCUT2D eigenvalue weighted by atomic mass is 28.4. The van der Waals surface area contributed by atoms with Crippen LogP contribution in [0.1, 0.15) is 19.4 Å². The second-order valence-corrected chi connectivity index (χ2v) is 8.95. The van der Waals surface area contributed by atoms with Crippen molar-refractivity contribution >= 4 is 25.5 Å². The third-order valence-corrected chi connectivity index (χ3v) is 6.96. The summed E-state index contributed by atoms with van der Waals surface area (Å²) in [6.07, 6.45) is 3.48. The van der Waals surface area contributed by atoms with Gasteiger partial charge in [-0.25, -0.2) is 0 Å². The summed E-state index contributed by atoms with van der Waals surface area (Å²) in [6.45, 7) is 14.6. The van der Waals surface area contributed by atoms with Crippen molar-refractivity contribution in [2.45, 2.75) is 13.8 Å². The lowest BCUT2D eigenvalue weighted by Crippen LogP contribution is -2.55. The number of carbonyl (C=O) groups is 1. The lowest BCUT2D eigenvalue weighted by molar-refractivity contribution is -0.135. The highest BCUT2D eigenvalue weighted by molar-refractivity contribution is 6.90. The molecule has 2 aromatic rings. The molecule has 0 bridgehead atoms. The Balaban J connectivity index is 0.000000439. The molecule has 0 fully saturated rings. The summed E-state index contributed by atoms with van der Waals surface area (Å²) in [7, 11) is -2.08. The Bertz CT molecular complexity index is 704. The monoisotopic (exact) mass is 397 g/mol. The van der Waals surface area contributed by atoms with Crippen LogP contribution in [0.2, 0.25) is 0 Å². The molecule has 5 heteroatoms. The van der Waals surface area contributed by atoms with Gasteiger partial charge in [0.25, 0.3) is 8.32 Å². The van der Waals surface area contributed by atoms with Gasteiger partial charge in [0.2, 0.25) is 0 Å². The Morgan fingerprint density at radius 2 is 1.57 bits per heavy atom. The first kappa shape index (κ1) is 25.3. The van der Waals surface area contributed by atoms with Crippen LogP contribution in [0.4, 0.5) is 0 Å². The zero-order valence-electron chi connectivity index (χ0n) is 16.8. The van der Waals surface area contributed by atoms with E-state index in [1.165, 1.54) is 17.7 Å². The molecule has 1 atom stereocenters. The molecule has 0 aromatic heterocycles. The van der Waals surface area contributed by atoms with Gasteiger partial charge in [-0.1, -0.05) is 85.6 Å². The van der Waals surface area contributed by atoms with Gasteiger partial charge in [0.15, 0.2) is 0 Å². The van der Waals surface area contributed by atoms with E-state index in [1.807, 2.05) is 67.2 Å². The Morgan fingerprint density at radius 3 is 1.86 bits per heavy atom. The van der Waals surface area contributed by atoms with Gasteiger partial charge in [0.05, 0.1) is 6.26 Å². The Labute approximate surface area is 170 Å². The number of ether oxygens (including phenoxy) is 1. The van der Waals surface area contributed by atoms with Crippen LogP contribution < -0.4 is 10.9 Å². The van der Waals surface area contributed by atoms with E-state index >= 15 is 0 Å². The minimum absolute atomic E-state index is 0.329. The molecule has 0 spiro atoms. The maximum absolute atomic E-state index is 9.75. The maximum Gasteiger partial charge on any atom is 0.307 e. The molecular weight excluding hydrogens is 366 g/mol. The van der Waals surface area contributed by atoms with E-state index in [4.69, 9.17) is 10.2 Å². The molecule has 2 aromatic carbocycles. The molecule has 0 aliphatic heterocycles. The van der Waals surface area contributed by atoms with E-state index < -0.39 is 8.32 Å². The number of hydrogen-bond donors (Lipinski definition) is 1. The molecule has 0 amide bonds. The molecule has 2 rings (SSSR count). The van der Waals surface area contributed by atoms with E-state index in [2.05, 4.69) is 36.6 Å². The first-order valence-electron chi connectivity index (χ1n) is 8.98. The molecule has 0 aliphatic carbocycles. The molecule has 0 radical (unpaired) electrons. The van der Waals surface area contributed by atoms with Gasteiger partial charge in [-0.05, 0) is 17.7 Å². The highest BCUT2D eigenvalue weighted by Crippen LogP contribution is 2.05. The van der Waals surface area contributed by atoms with Crippen molar-refractivity contribution in [2.75, 3.05) is 12.8 Å². The van der Waals surface area contributed by atoms with E-state index in [0.717, 1.165) is 6.26 Å².